The van der Waals surface area contributed by atoms with Gasteiger partial charge >= 0.3 is 0 Å². The molecule has 0 saturated carbocycles. The molecule has 34 heavy (non-hydrogen) atoms. The van der Waals surface area contributed by atoms with Gasteiger partial charge in [-0.25, -0.2) is 0 Å². The van der Waals surface area contributed by atoms with Crippen molar-refractivity contribution in [3.05, 3.63) is 70.5 Å². The molecule has 0 atom stereocenters. The molecule has 0 aliphatic carbocycles. The maximum atomic E-state index is 12.4. The Morgan fingerprint density at radius 3 is 2.50 bits per heavy atom. The fourth-order valence-corrected chi connectivity index (χ4v) is 3.64. The van der Waals surface area contributed by atoms with E-state index in [1.165, 1.54) is 10.6 Å². The molecule has 2 aromatic carbocycles. The zero-order valence-corrected chi connectivity index (χ0v) is 19.7. The van der Waals surface area contributed by atoms with E-state index in [2.05, 4.69) is 18.0 Å². The summed E-state index contributed by atoms with van der Waals surface area (Å²) in [6, 6.07) is 11.4. The number of hydrogen-bond acceptors (Lipinski definition) is 6. The number of hydroxylamine groups is 2. The first-order valence-electron chi connectivity index (χ1n) is 11.0. The van der Waals surface area contributed by atoms with Crippen molar-refractivity contribution in [1.29, 1.82) is 5.41 Å². The van der Waals surface area contributed by atoms with Crippen molar-refractivity contribution in [3.63, 3.8) is 0 Å². The van der Waals surface area contributed by atoms with Crippen molar-refractivity contribution in [3.8, 4) is 17.2 Å². The summed E-state index contributed by atoms with van der Waals surface area (Å²) in [5.74, 6) is 2.32. The number of allylic oxidation sites excluding steroid dienone is 1. The molecule has 0 spiro atoms. The van der Waals surface area contributed by atoms with E-state index in [9.17, 15) is 4.79 Å². The molecule has 0 unspecified atom stereocenters. The first-order chi connectivity index (χ1) is 16.4. The monoisotopic (exact) mass is 461 g/mol. The lowest BCUT2D eigenvalue weighted by Crippen LogP contribution is -2.38. The van der Waals surface area contributed by atoms with E-state index in [-0.39, 0.29) is 11.4 Å². The van der Waals surface area contributed by atoms with Crippen molar-refractivity contribution in [1.82, 2.24) is 5.06 Å². The van der Waals surface area contributed by atoms with Gasteiger partial charge in [0.15, 0.2) is 23.2 Å². The Morgan fingerprint density at radius 2 is 1.76 bits per heavy atom. The van der Waals surface area contributed by atoms with Crippen LogP contribution in [0.3, 0.4) is 0 Å². The number of aliphatic imine (C=N–C) groups is 1. The van der Waals surface area contributed by atoms with Crippen LogP contribution in [0.5, 0.6) is 17.2 Å². The lowest BCUT2D eigenvalue weighted by atomic mass is 10.1. The lowest BCUT2D eigenvalue weighted by Gasteiger charge is -2.23. The van der Waals surface area contributed by atoms with Gasteiger partial charge in [-0.2, -0.15) is 4.99 Å². The molecule has 2 aliphatic rings. The minimum atomic E-state index is -0.492. The molecule has 2 aliphatic heterocycles. The summed E-state index contributed by atoms with van der Waals surface area (Å²) < 4.78 is 17.2. The molecule has 1 amide bonds. The highest BCUT2D eigenvalue weighted by molar-refractivity contribution is 6.32. The molecule has 8 heteroatoms. The van der Waals surface area contributed by atoms with E-state index < -0.39 is 5.91 Å². The van der Waals surface area contributed by atoms with E-state index in [0.717, 1.165) is 11.3 Å². The molecule has 1 N–H and O–H groups in total. The number of fused-ring (bicyclic) bond motifs is 1. The Hall–Kier alpha value is -4.07. The summed E-state index contributed by atoms with van der Waals surface area (Å²) in [4.78, 5) is 21.9. The Bertz CT molecular complexity index is 1230. The van der Waals surface area contributed by atoms with Crippen LogP contribution in [-0.2, 0) is 9.63 Å². The smallest absolute Gasteiger partial charge is 0.282 e. The number of carbonyl (C=O) groups is 1. The van der Waals surface area contributed by atoms with E-state index in [0.29, 0.717) is 48.3 Å². The Morgan fingerprint density at radius 1 is 1.03 bits per heavy atom. The maximum Gasteiger partial charge on any atom is 0.282 e. The van der Waals surface area contributed by atoms with Crippen LogP contribution in [0.4, 0.5) is 0 Å². The molecular weight excluding hydrogens is 434 g/mol. The Labute approximate surface area is 198 Å². The number of amides is 1. The number of carbonyl (C=O) groups excluding carboxylic acids is 1. The van der Waals surface area contributed by atoms with Crippen molar-refractivity contribution < 1.29 is 23.8 Å². The van der Waals surface area contributed by atoms with Crippen molar-refractivity contribution in [2.75, 3.05) is 20.3 Å². The molecule has 0 aromatic heterocycles. The predicted molar refractivity (Wildman–Crippen MR) is 129 cm³/mol. The summed E-state index contributed by atoms with van der Waals surface area (Å²) in [7, 11) is 1.55. The van der Waals surface area contributed by atoms with Gasteiger partial charge < -0.3 is 19.0 Å². The number of nitrogens with zero attached hydrogens (tertiary/aromatic N) is 2. The maximum absolute atomic E-state index is 12.4. The summed E-state index contributed by atoms with van der Waals surface area (Å²) in [5, 5.41) is 9.56. The predicted octanol–water partition coefficient (Wildman–Crippen LogP) is 4.61. The van der Waals surface area contributed by atoms with Gasteiger partial charge in [-0.05, 0) is 56.2 Å². The number of amidine groups is 2. The largest absolute Gasteiger partial charge is 0.493 e. The molecule has 0 saturated heterocycles. The second-order valence-electron chi connectivity index (χ2n) is 8.05. The highest BCUT2D eigenvalue weighted by atomic mass is 16.7. The minimum Gasteiger partial charge on any atom is -0.493 e. The summed E-state index contributed by atoms with van der Waals surface area (Å²) in [5.41, 5.74) is 3.13. The number of rotatable bonds is 8. The van der Waals surface area contributed by atoms with Gasteiger partial charge in [0.05, 0.1) is 25.9 Å². The van der Waals surface area contributed by atoms with Gasteiger partial charge in [-0.15, -0.1) is 5.06 Å². The molecule has 0 fully saturated rings. The van der Waals surface area contributed by atoms with Gasteiger partial charge in [0.1, 0.15) is 11.5 Å². The second kappa shape index (κ2) is 9.82. The first-order valence-corrected chi connectivity index (χ1v) is 11.0. The number of nitrogens with one attached hydrogen (secondary N) is 1. The molecule has 2 heterocycles. The van der Waals surface area contributed by atoms with Crippen LogP contribution in [0.25, 0.3) is 6.08 Å². The van der Waals surface area contributed by atoms with Crippen LogP contribution in [0.15, 0.2) is 58.8 Å². The van der Waals surface area contributed by atoms with E-state index in [1.54, 1.807) is 44.4 Å². The lowest BCUT2D eigenvalue weighted by molar-refractivity contribution is -0.114. The number of aryl methyl sites for hydroxylation is 2. The molecule has 4 rings (SSSR count). The average Bonchev–Trinajstić information content (AvgIpc) is 3.18. The summed E-state index contributed by atoms with van der Waals surface area (Å²) in [6.45, 7) is 6.82. The van der Waals surface area contributed by atoms with Gasteiger partial charge in [-0.1, -0.05) is 23.8 Å². The molecule has 0 radical (unpaired) electrons. The molecule has 2 aromatic rings. The summed E-state index contributed by atoms with van der Waals surface area (Å²) in [6.07, 6.45) is 3.91. The van der Waals surface area contributed by atoms with Crippen molar-refractivity contribution in [2.45, 2.75) is 27.2 Å². The van der Waals surface area contributed by atoms with Crippen LogP contribution in [0.2, 0.25) is 0 Å². The van der Waals surface area contributed by atoms with Crippen LogP contribution >= 0.6 is 0 Å². The number of methoxy groups -OCH3 is 1. The van der Waals surface area contributed by atoms with E-state index >= 15 is 0 Å². The molecular formula is C26H27N3O5. The zero-order valence-electron chi connectivity index (χ0n) is 19.7. The second-order valence-corrected chi connectivity index (χ2v) is 8.05. The van der Waals surface area contributed by atoms with Gasteiger partial charge in [0.25, 0.3) is 5.91 Å². The topological polar surface area (TPSA) is 93.4 Å². The van der Waals surface area contributed by atoms with Crippen LogP contribution in [-0.4, -0.2) is 43.0 Å². The normalized spacial score (nSPS) is 16.1. The van der Waals surface area contributed by atoms with Crippen molar-refractivity contribution >= 4 is 23.7 Å². The number of hydrogen-bond donors (Lipinski definition) is 1. The third-order valence-electron chi connectivity index (χ3n) is 5.31. The standard InChI is InChI=1S/C26H27N3O5/c1-16-6-8-21(17(2)12-16)32-10-5-11-33-22-9-7-19(15-23(22)31-4)14-20-25(27)29-24(28-26(20)30)13-18(3)34-29/h6-9,12-15,27H,5,10-11H2,1-4H3/b20-14-,27-25?. The Kier molecular flexibility index (Phi) is 6.67. The van der Waals surface area contributed by atoms with Crippen molar-refractivity contribution in [2.24, 2.45) is 4.99 Å². The van der Waals surface area contributed by atoms with Gasteiger partial charge in [0.2, 0.25) is 0 Å². The van der Waals surface area contributed by atoms with Gasteiger partial charge in [-0.3, -0.25) is 10.2 Å². The summed E-state index contributed by atoms with van der Waals surface area (Å²) >= 11 is 0. The quantitative estimate of drug-likeness (QED) is 0.456. The fraction of sp³-hybridized carbons (Fsp3) is 0.269. The van der Waals surface area contributed by atoms with Gasteiger partial charge in [0, 0.05) is 12.5 Å². The zero-order chi connectivity index (χ0) is 24.2. The van der Waals surface area contributed by atoms with E-state index in [4.69, 9.17) is 24.5 Å². The number of benzene rings is 2. The van der Waals surface area contributed by atoms with E-state index in [1.807, 2.05) is 19.1 Å². The average molecular weight is 462 g/mol. The molecule has 176 valence electrons. The fourth-order valence-electron chi connectivity index (χ4n) is 3.64. The molecule has 0 bridgehead atoms. The van der Waals surface area contributed by atoms with Crippen LogP contribution < -0.4 is 14.2 Å². The van der Waals surface area contributed by atoms with Crippen LogP contribution in [0, 0.1) is 19.3 Å². The third kappa shape index (κ3) is 4.96. The number of ether oxygens (including phenoxy) is 3. The van der Waals surface area contributed by atoms with Crippen LogP contribution in [0.1, 0.15) is 30.0 Å². The highest BCUT2D eigenvalue weighted by Crippen LogP contribution is 2.30. The Balaban J connectivity index is 1.37. The minimum absolute atomic E-state index is 0.0637. The highest BCUT2D eigenvalue weighted by Gasteiger charge is 2.34. The SMILES string of the molecule is COc1cc(/C=C2/C(=N)N3OC(C)=CC3=NC2=O)ccc1OCCCOc1ccc(C)cc1C. The molecule has 8 nitrogen and oxygen atoms in total. The third-order valence-corrected chi connectivity index (χ3v) is 5.31. The first kappa shape index (κ1) is 23.1.